The number of hydrogen-bond donors (Lipinski definition) is 3. The summed E-state index contributed by atoms with van der Waals surface area (Å²) in [5.74, 6) is -0.665. The van der Waals surface area contributed by atoms with Gasteiger partial charge < -0.3 is 24.5 Å². The lowest BCUT2D eigenvalue weighted by molar-refractivity contribution is -0.443. The SMILES string of the molecule is CON(OC1C[C@@](C)(O)[C@@H](O)[C@H](C)O1)C(C)CC(c1ccccc1)c1c(O)c2ccccc2oc1=O. The number of nitrogens with zero attached hydrogens (tertiary/aromatic N) is 1. The molecular weight excluding hydrogens is 466 g/mol. The van der Waals surface area contributed by atoms with Crippen molar-refractivity contribution >= 4 is 11.0 Å². The van der Waals surface area contributed by atoms with Crippen LogP contribution in [0.4, 0.5) is 0 Å². The molecule has 0 radical (unpaired) electrons. The van der Waals surface area contributed by atoms with E-state index in [0.29, 0.717) is 17.4 Å². The zero-order chi connectivity index (χ0) is 26.0. The van der Waals surface area contributed by atoms with E-state index in [4.69, 9.17) is 18.8 Å². The van der Waals surface area contributed by atoms with Gasteiger partial charge in [-0.3, -0.25) is 4.84 Å². The second-order valence-corrected chi connectivity index (χ2v) is 9.55. The smallest absolute Gasteiger partial charge is 0.343 e. The highest BCUT2D eigenvalue weighted by molar-refractivity contribution is 5.84. The third kappa shape index (κ3) is 5.31. The Morgan fingerprint density at radius 3 is 2.50 bits per heavy atom. The molecule has 1 aliphatic heterocycles. The largest absolute Gasteiger partial charge is 0.507 e. The number of hydrogen-bond acceptors (Lipinski definition) is 9. The van der Waals surface area contributed by atoms with Gasteiger partial charge in [-0.25, -0.2) is 9.63 Å². The average Bonchev–Trinajstić information content (AvgIpc) is 2.85. The zero-order valence-corrected chi connectivity index (χ0v) is 20.8. The highest BCUT2D eigenvalue weighted by Gasteiger charge is 2.44. The van der Waals surface area contributed by atoms with Gasteiger partial charge in [-0.05, 0) is 44.9 Å². The Balaban J connectivity index is 1.64. The fourth-order valence-electron chi connectivity index (χ4n) is 4.82. The van der Waals surface area contributed by atoms with Gasteiger partial charge >= 0.3 is 5.63 Å². The fraction of sp³-hybridized carbons (Fsp3) is 0.444. The maximum Gasteiger partial charge on any atom is 0.343 e. The molecule has 0 saturated carbocycles. The minimum atomic E-state index is -1.40. The maximum absolute atomic E-state index is 13.1. The minimum Gasteiger partial charge on any atom is -0.507 e. The van der Waals surface area contributed by atoms with Crippen molar-refractivity contribution in [3.8, 4) is 5.75 Å². The quantitative estimate of drug-likeness (QED) is 0.316. The Morgan fingerprint density at radius 1 is 1.17 bits per heavy atom. The summed E-state index contributed by atoms with van der Waals surface area (Å²) in [6, 6.07) is 15.8. The van der Waals surface area contributed by atoms with Crippen LogP contribution in [0.1, 0.15) is 50.7 Å². The molecule has 6 atom stereocenters. The van der Waals surface area contributed by atoms with E-state index in [1.807, 2.05) is 37.3 Å². The molecule has 9 heteroatoms. The highest BCUT2D eigenvalue weighted by Crippen LogP contribution is 2.38. The molecule has 2 heterocycles. The second kappa shape index (κ2) is 10.7. The van der Waals surface area contributed by atoms with Crippen LogP contribution in [0.2, 0.25) is 0 Å². The Hall–Kier alpha value is -2.79. The third-order valence-electron chi connectivity index (χ3n) is 6.74. The first-order chi connectivity index (χ1) is 17.1. The van der Waals surface area contributed by atoms with E-state index >= 15 is 0 Å². The van der Waals surface area contributed by atoms with Crippen LogP contribution >= 0.6 is 0 Å². The Bertz CT molecular complexity index is 1230. The molecule has 1 fully saturated rings. The monoisotopic (exact) mass is 499 g/mol. The molecule has 36 heavy (non-hydrogen) atoms. The number of aromatic hydroxyl groups is 1. The molecule has 0 bridgehead atoms. The molecule has 4 rings (SSSR count). The van der Waals surface area contributed by atoms with Crippen LogP contribution in [0.15, 0.2) is 63.8 Å². The molecule has 0 amide bonds. The van der Waals surface area contributed by atoms with E-state index in [2.05, 4.69) is 0 Å². The molecule has 194 valence electrons. The van der Waals surface area contributed by atoms with Crippen LogP contribution < -0.4 is 5.63 Å². The van der Waals surface area contributed by atoms with Crippen molar-refractivity contribution in [2.45, 2.75) is 69.7 Å². The molecule has 1 aliphatic rings. The van der Waals surface area contributed by atoms with Gasteiger partial charge in [-0.1, -0.05) is 47.7 Å². The van der Waals surface area contributed by atoms with E-state index in [1.165, 1.54) is 19.3 Å². The Labute approximate surface area is 209 Å². The summed E-state index contributed by atoms with van der Waals surface area (Å²) in [6.45, 7) is 5.03. The van der Waals surface area contributed by atoms with E-state index in [1.54, 1.807) is 31.2 Å². The molecule has 3 unspecified atom stereocenters. The van der Waals surface area contributed by atoms with Crippen molar-refractivity contribution in [1.29, 1.82) is 0 Å². The average molecular weight is 500 g/mol. The van der Waals surface area contributed by atoms with Crippen molar-refractivity contribution in [3.63, 3.8) is 0 Å². The molecule has 1 saturated heterocycles. The number of aliphatic hydroxyl groups excluding tert-OH is 1. The number of fused-ring (bicyclic) bond motifs is 1. The van der Waals surface area contributed by atoms with Gasteiger partial charge in [0.05, 0.1) is 35.8 Å². The number of ether oxygens (including phenoxy) is 1. The lowest BCUT2D eigenvalue weighted by Gasteiger charge is -2.43. The third-order valence-corrected chi connectivity index (χ3v) is 6.74. The van der Waals surface area contributed by atoms with Crippen LogP contribution in [0.25, 0.3) is 11.0 Å². The highest BCUT2D eigenvalue weighted by atomic mass is 17.0. The van der Waals surface area contributed by atoms with E-state index < -0.39 is 41.7 Å². The zero-order valence-electron chi connectivity index (χ0n) is 20.8. The van der Waals surface area contributed by atoms with Crippen LogP contribution in [0, 0.1) is 0 Å². The number of benzene rings is 2. The summed E-state index contributed by atoms with van der Waals surface area (Å²) < 4.78 is 11.3. The first-order valence-electron chi connectivity index (χ1n) is 12.0. The van der Waals surface area contributed by atoms with Crippen molar-refractivity contribution in [3.05, 3.63) is 76.1 Å². The summed E-state index contributed by atoms with van der Waals surface area (Å²) in [6.07, 6.45) is -2.22. The number of aliphatic hydroxyl groups is 2. The first-order valence-corrected chi connectivity index (χ1v) is 12.0. The van der Waals surface area contributed by atoms with E-state index in [0.717, 1.165) is 5.56 Å². The van der Waals surface area contributed by atoms with Crippen molar-refractivity contribution in [2.24, 2.45) is 0 Å². The minimum absolute atomic E-state index is 0.0300. The van der Waals surface area contributed by atoms with Gasteiger partial charge in [0.2, 0.25) is 0 Å². The number of hydroxylamine groups is 2. The standard InChI is InChI=1S/C27H33NO8/c1-16(28(33-4)36-22-15-27(3,32)25(30)17(2)34-22)14-20(18-10-6-5-7-11-18)23-24(29)19-12-8-9-13-21(19)35-26(23)31/h5-13,16-17,20,22,25,29-30,32H,14-15H2,1-4H3/t16?,17-,20?,22?,25-,27+/m0/s1. The van der Waals surface area contributed by atoms with Crippen LogP contribution in [0.3, 0.4) is 0 Å². The molecule has 0 spiro atoms. The lowest BCUT2D eigenvalue weighted by atomic mass is 9.86. The summed E-state index contributed by atoms with van der Waals surface area (Å²) in [7, 11) is 1.44. The number of para-hydroxylation sites is 1. The van der Waals surface area contributed by atoms with Gasteiger partial charge in [0.25, 0.3) is 0 Å². The fourth-order valence-corrected chi connectivity index (χ4v) is 4.82. The lowest BCUT2D eigenvalue weighted by Crippen LogP contribution is -2.56. The summed E-state index contributed by atoms with van der Waals surface area (Å²) in [5.41, 5.74) is -0.744. The predicted molar refractivity (Wildman–Crippen MR) is 132 cm³/mol. The first kappa shape index (κ1) is 26.3. The molecule has 3 aromatic rings. The molecule has 1 aromatic heterocycles. The van der Waals surface area contributed by atoms with E-state index in [-0.39, 0.29) is 17.7 Å². The van der Waals surface area contributed by atoms with Gasteiger partial charge in [-0.2, -0.15) is 0 Å². The predicted octanol–water partition coefficient (Wildman–Crippen LogP) is 3.45. The van der Waals surface area contributed by atoms with E-state index in [9.17, 15) is 20.1 Å². The maximum atomic E-state index is 13.1. The normalized spacial score (nSPS) is 26.2. The summed E-state index contributed by atoms with van der Waals surface area (Å²) in [4.78, 5) is 24.5. The molecule has 9 nitrogen and oxygen atoms in total. The molecule has 0 aliphatic carbocycles. The van der Waals surface area contributed by atoms with Gasteiger partial charge in [-0.15, -0.1) is 0 Å². The van der Waals surface area contributed by atoms with Crippen LogP contribution in [-0.2, 0) is 14.4 Å². The van der Waals surface area contributed by atoms with Gasteiger partial charge in [0.1, 0.15) is 17.4 Å². The molecular formula is C27H33NO8. The summed E-state index contributed by atoms with van der Waals surface area (Å²) in [5, 5.41) is 33.6. The van der Waals surface area contributed by atoms with Crippen molar-refractivity contribution < 1.29 is 34.1 Å². The van der Waals surface area contributed by atoms with Gasteiger partial charge in [0.15, 0.2) is 6.29 Å². The Morgan fingerprint density at radius 2 is 1.83 bits per heavy atom. The van der Waals surface area contributed by atoms with Crippen LogP contribution in [0.5, 0.6) is 5.75 Å². The van der Waals surface area contributed by atoms with Crippen LogP contribution in [-0.4, -0.2) is 57.8 Å². The Kier molecular flexibility index (Phi) is 7.79. The van der Waals surface area contributed by atoms with Crippen molar-refractivity contribution in [1.82, 2.24) is 5.23 Å². The topological polar surface area (TPSA) is 122 Å². The summed E-state index contributed by atoms with van der Waals surface area (Å²) >= 11 is 0. The van der Waals surface area contributed by atoms with Crippen molar-refractivity contribution in [2.75, 3.05) is 7.11 Å². The van der Waals surface area contributed by atoms with Gasteiger partial charge in [0, 0.05) is 12.3 Å². The molecule has 3 N–H and O–H groups in total. The molecule has 2 aromatic carbocycles. The second-order valence-electron chi connectivity index (χ2n) is 9.55. The number of rotatable bonds is 8.